The van der Waals surface area contributed by atoms with Crippen molar-refractivity contribution in [1.29, 1.82) is 0 Å². The number of benzene rings is 1. The van der Waals surface area contributed by atoms with Gasteiger partial charge < -0.3 is 39.9 Å². The molecule has 2 aromatic rings. The fourth-order valence-electron chi connectivity index (χ4n) is 5.77. The lowest BCUT2D eigenvalue weighted by molar-refractivity contribution is -0.138. The summed E-state index contributed by atoms with van der Waals surface area (Å²) in [6, 6.07) is 7.81. The first-order valence-corrected chi connectivity index (χ1v) is 14.5. The summed E-state index contributed by atoms with van der Waals surface area (Å²) in [6.45, 7) is 4.10. The van der Waals surface area contributed by atoms with E-state index in [1.165, 1.54) is 15.9 Å². The quantitative estimate of drug-likeness (QED) is 0.350. The molecule has 3 saturated heterocycles. The predicted molar refractivity (Wildman–Crippen MR) is 152 cm³/mol. The zero-order chi connectivity index (χ0) is 30.5. The van der Waals surface area contributed by atoms with Gasteiger partial charge in [0.15, 0.2) is 6.61 Å². The van der Waals surface area contributed by atoms with E-state index in [0.717, 1.165) is 13.0 Å². The number of nitrogens with zero attached hydrogens (tertiary/aromatic N) is 4. The number of likely N-dealkylation sites (tertiary alicyclic amines) is 1. The Bertz CT molecular complexity index is 1390. The van der Waals surface area contributed by atoms with Gasteiger partial charge in [-0.2, -0.15) is 0 Å². The first-order valence-electron chi connectivity index (χ1n) is 14.5. The van der Waals surface area contributed by atoms with Gasteiger partial charge in [0.1, 0.15) is 17.5 Å². The molecule has 0 unspecified atom stereocenters. The third-order valence-electron chi connectivity index (χ3n) is 8.01. The number of para-hydroxylation sites is 1. The lowest BCUT2D eigenvalue weighted by Crippen LogP contribution is -2.56. The Hall–Kier alpha value is -4.46. The number of aromatic nitrogens is 1. The minimum atomic E-state index is -1.13. The number of fused-ring (bicyclic) bond motifs is 3. The number of pyridine rings is 1. The Morgan fingerprint density at radius 2 is 1.86 bits per heavy atom. The highest BCUT2D eigenvalue weighted by atomic mass is 16.6. The van der Waals surface area contributed by atoms with E-state index in [9.17, 15) is 29.1 Å². The lowest BCUT2D eigenvalue weighted by atomic mass is 10.1. The number of aliphatic carboxylic acids is 1. The summed E-state index contributed by atoms with van der Waals surface area (Å²) in [4.78, 5) is 72.4. The molecule has 4 amide bonds. The highest BCUT2D eigenvalue weighted by Gasteiger charge is 2.40. The van der Waals surface area contributed by atoms with E-state index in [2.05, 4.69) is 15.6 Å². The Morgan fingerprint density at radius 3 is 2.53 bits per heavy atom. The van der Waals surface area contributed by atoms with Crippen molar-refractivity contribution in [3.05, 3.63) is 36.0 Å². The monoisotopic (exact) mass is 596 g/mol. The lowest BCUT2D eigenvalue weighted by Gasteiger charge is -2.35. The topological polar surface area (TPSA) is 171 Å². The Labute approximate surface area is 248 Å². The fourth-order valence-corrected chi connectivity index (χ4v) is 5.77. The van der Waals surface area contributed by atoms with Gasteiger partial charge in [0, 0.05) is 69.2 Å². The Balaban J connectivity index is 1.28. The van der Waals surface area contributed by atoms with Crippen LogP contribution in [0.1, 0.15) is 36.7 Å². The van der Waals surface area contributed by atoms with E-state index in [-0.39, 0.29) is 69.9 Å². The number of amides is 4. The maximum absolute atomic E-state index is 13.4. The molecule has 3 fully saturated rings. The number of ether oxygens (including phenoxy) is 2. The summed E-state index contributed by atoms with van der Waals surface area (Å²) in [5, 5.41) is 15.9. The van der Waals surface area contributed by atoms with Crippen LogP contribution in [0.15, 0.2) is 30.3 Å². The molecule has 0 spiro atoms. The number of carboxylic acid groups (broad SMARTS) is 1. The molecular formula is C29H36N6O8. The van der Waals surface area contributed by atoms with Crippen LogP contribution in [0.5, 0.6) is 5.75 Å². The maximum atomic E-state index is 13.4. The van der Waals surface area contributed by atoms with Crippen LogP contribution >= 0.6 is 0 Å². The van der Waals surface area contributed by atoms with Gasteiger partial charge in [-0.1, -0.05) is 12.1 Å². The van der Waals surface area contributed by atoms with E-state index in [4.69, 9.17) is 9.47 Å². The van der Waals surface area contributed by atoms with Gasteiger partial charge in [0.2, 0.25) is 5.91 Å². The van der Waals surface area contributed by atoms with E-state index >= 15 is 0 Å². The van der Waals surface area contributed by atoms with E-state index < -0.39 is 29.9 Å². The normalized spacial score (nSPS) is 20.2. The van der Waals surface area contributed by atoms with Gasteiger partial charge in [-0.25, -0.2) is 9.78 Å². The first-order chi connectivity index (χ1) is 20.7. The molecule has 230 valence electrons. The van der Waals surface area contributed by atoms with Crippen LogP contribution in [-0.2, 0) is 19.1 Å². The van der Waals surface area contributed by atoms with Crippen LogP contribution in [0.2, 0.25) is 0 Å². The summed E-state index contributed by atoms with van der Waals surface area (Å²) < 4.78 is 11.0. The van der Waals surface area contributed by atoms with E-state index in [1.807, 2.05) is 4.90 Å². The van der Waals surface area contributed by atoms with Crippen LogP contribution < -0.4 is 15.4 Å². The largest absolute Gasteiger partial charge is 0.483 e. The minimum absolute atomic E-state index is 0.0363. The van der Waals surface area contributed by atoms with Crippen molar-refractivity contribution in [3.63, 3.8) is 0 Å². The summed E-state index contributed by atoms with van der Waals surface area (Å²) in [7, 11) is 0. The summed E-state index contributed by atoms with van der Waals surface area (Å²) >= 11 is 0. The van der Waals surface area contributed by atoms with Gasteiger partial charge in [-0.3, -0.25) is 19.2 Å². The SMILES string of the molecule is CCOC(=O)N1CCN(C(=O)[C@H](CCC(=O)O)NC(=O)c2cc(OCC(=O)N3C[C@@H]4C[C@H]3CN4)c3ccccc3n2)CC1. The number of piperazine rings is 2. The molecule has 0 radical (unpaired) electrons. The summed E-state index contributed by atoms with van der Waals surface area (Å²) in [5.74, 6) is -2.07. The molecule has 4 heterocycles. The Kier molecular flexibility index (Phi) is 9.24. The third-order valence-corrected chi connectivity index (χ3v) is 8.01. The third kappa shape index (κ3) is 6.96. The van der Waals surface area contributed by atoms with Crippen LogP contribution in [-0.4, -0.2) is 125 Å². The minimum Gasteiger partial charge on any atom is -0.483 e. The Morgan fingerprint density at radius 1 is 1.12 bits per heavy atom. The van der Waals surface area contributed by atoms with Gasteiger partial charge in [0.25, 0.3) is 11.8 Å². The van der Waals surface area contributed by atoms with Crippen molar-refractivity contribution in [2.75, 3.05) is 52.5 Å². The van der Waals surface area contributed by atoms with Crippen molar-refractivity contribution < 1.29 is 38.6 Å². The molecule has 43 heavy (non-hydrogen) atoms. The van der Waals surface area contributed by atoms with E-state index in [1.54, 1.807) is 31.2 Å². The molecule has 3 aliphatic heterocycles. The van der Waals surface area contributed by atoms with Crippen molar-refractivity contribution in [2.24, 2.45) is 0 Å². The van der Waals surface area contributed by atoms with Crippen molar-refractivity contribution in [3.8, 4) is 5.75 Å². The number of carbonyl (C=O) groups is 5. The second kappa shape index (κ2) is 13.2. The van der Waals surface area contributed by atoms with Crippen LogP contribution in [0.25, 0.3) is 10.9 Å². The molecule has 2 bridgehead atoms. The highest BCUT2D eigenvalue weighted by molar-refractivity contribution is 5.99. The molecule has 1 aromatic heterocycles. The molecular weight excluding hydrogens is 560 g/mol. The predicted octanol–water partition coefficient (Wildman–Crippen LogP) is 0.450. The standard InChI is InChI=1S/C29H36N6O8/c1-2-42-29(41)34-11-9-33(10-12-34)28(40)22(7-8-26(37)38)32-27(39)23-14-24(20-5-3-4-6-21(20)31-23)43-17-25(36)35-16-18-13-19(35)15-30-18/h3-6,14,18-19,22,30H,2,7-13,15-17H2,1H3,(H,32,39)(H,37,38)/t18-,19-,22-/m0/s1. The summed E-state index contributed by atoms with van der Waals surface area (Å²) in [5.41, 5.74) is 0.427. The second-order valence-corrected chi connectivity index (χ2v) is 10.8. The molecule has 14 nitrogen and oxygen atoms in total. The van der Waals surface area contributed by atoms with Crippen molar-refractivity contribution in [1.82, 2.24) is 30.3 Å². The number of nitrogens with one attached hydrogen (secondary N) is 2. The smallest absolute Gasteiger partial charge is 0.409 e. The zero-order valence-electron chi connectivity index (χ0n) is 24.0. The van der Waals surface area contributed by atoms with Crippen LogP contribution in [0.4, 0.5) is 4.79 Å². The number of carbonyl (C=O) groups excluding carboxylic acids is 4. The van der Waals surface area contributed by atoms with Gasteiger partial charge in [0.05, 0.1) is 12.1 Å². The number of carboxylic acids is 1. The average Bonchev–Trinajstić information content (AvgIpc) is 3.65. The van der Waals surface area contributed by atoms with Crippen LogP contribution in [0, 0.1) is 0 Å². The number of hydrogen-bond acceptors (Lipinski definition) is 9. The van der Waals surface area contributed by atoms with Gasteiger partial charge in [-0.05, 0) is 31.9 Å². The molecule has 3 N–H and O–H groups in total. The van der Waals surface area contributed by atoms with Gasteiger partial charge >= 0.3 is 12.1 Å². The zero-order valence-corrected chi connectivity index (χ0v) is 24.0. The molecule has 0 aliphatic carbocycles. The highest BCUT2D eigenvalue weighted by Crippen LogP contribution is 2.27. The maximum Gasteiger partial charge on any atom is 0.409 e. The molecule has 3 atom stereocenters. The van der Waals surface area contributed by atoms with Crippen LogP contribution in [0.3, 0.4) is 0 Å². The molecule has 0 saturated carbocycles. The molecule has 3 aliphatic rings. The van der Waals surface area contributed by atoms with Gasteiger partial charge in [-0.15, -0.1) is 0 Å². The second-order valence-electron chi connectivity index (χ2n) is 10.8. The number of rotatable bonds is 10. The van der Waals surface area contributed by atoms with Crippen molar-refractivity contribution in [2.45, 2.75) is 44.3 Å². The first kappa shape index (κ1) is 30.0. The molecule has 1 aromatic carbocycles. The number of hydrogen-bond donors (Lipinski definition) is 3. The van der Waals surface area contributed by atoms with Crippen molar-refractivity contribution >= 4 is 40.7 Å². The molecule has 5 rings (SSSR count). The molecule has 14 heteroatoms. The average molecular weight is 597 g/mol. The summed E-state index contributed by atoms with van der Waals surface area (Å²) in [6.07, 6.45) is -0.000349. The van der Waals surface area contributed by atoms with E-state index in [0.29, 0.717) is 29.2 Å². The fraction of sp³-hybridized carbons (Fsp3) is 0.517.